The van der Waals surface area contributed by atoms with Gasteiger partial charge in [0.15, 0.2) is 0 Å². The normalized spacial score (nSPS) is 16.3. The van der Waals surface area contributed by atoms with Gasteiger partial charge in [-0.25, -0.2) is 10.5 Å². The first-order valence-electron chi connectivity index (χ1n) is 12.5. The summed E-state index contributed by atoms with van der Waals surface area (Å²) in [5.74, 6) is 0.688. The second-order valence-corrected chi connectivity index (χ2v) is 9.41. The summed E-state index contributed by atoms with van der Waals surface area (Å²) in [4.78, 5) is 25.8. The molecule has 0 spiro atoms. The minimum absolute atomic E-state index is 0. The highest BCUT2D eigenvalue weighted by molar-refractivity contribution is 6.04. The molecule has 198 valence electrons. The van der Waals surface area contributed by atoms with E-state index < -0.39 is 5.91 Å². The molecule has 2 fully saturated rings. The Balaban J connectivity index is 0.00000380. The molecule has 12 heteroatoms. The number of primary amides is 1. The summed E-state index contributed by atoms with van der Waals surface area (Å²) < 4.78 is 0. The van der Waals surface area contributed by atoms with Crippen LogP contribution in [-0.2, 0) is 0 Å². The van der Waals surface area contributed by atoms with Crippen molar-refractivity contribution >= 4 is 41.1 Å². The lowest BCUT2D eigenvalue weighted by Crippen LogP contribution is -2.34. The molecule has 1 aromatic heterocycles. The third-order valence-electron chi connectivity index (χ3n) is 6.92. The third kappa shape index (κ3) is 6.85. The Kier molecular flexibility index (Phi) is 9.61. The van der Waals surface area contributed by atoms with E-state index in [4.69, 9.17) is 22.1 Å². The van der Waals surface area contributed by atoms with Gasteiger partial charge in [-0.05, 0) is 55.9 Å². The van der Waals surface area contributed by atoms with E-state index in [1.165, 1.54) is 12.8 Å². The standard InChI is InChI=1S/C25H34N10O.H3N/c26-16-20-22(23(28)36)24(32-25(31-20)35-11-3-1-2-4-12-35)30-18-5-7-19(8-6-18)34-13-9-17(10-14-34)15-21(27)33-29;/h5-8,16-17,26-27,29H,1-4,9-15H2,(H2,28,36)(H,30,31,32);1H3. The van der Waals surface area contributed by atoms with Gasteiger partial charge in [-0.15, -0.1) is 5.11 Å². The highest BCUT2D eigenvalue weighted by Gasteiger charge is 2.23. The zero-order valence-electron chi connectivity index (χ0n) is 21.2. The topological polar surface area (TPSA) is 206 Å². The second-order valence-electron chi connectivity index (χ2n) is 9.41. The summed E-state index contributed by atoms with van der Waals surface area (Å²) in [5.41, 5.74) is 14.8. The predicted molar refractivity (Wildman–Crippen MR) is 146 cm³/mol. The number of hydrogen-bond donors (Lipinski definition) is 6. The molecule has 9 N–H and O–H groups in total. The van der Waals surface area contributed by atoms with Gasteiger partial charge in [0.05, 0.1) is 0 Å². The number of carbonyl (C=O) groups excluding carboxylic acids is 1. The molecule has 2 aromatic rings. The Bertz CT molecular complexity index is 1100. The average Bonchev–Trinajstić information content (AvgIpc) is 3.18. The molecule has 2 aliphatic rings. The Morgan fingerprint density at radius 3 is 2.27 bits per heavy atom. The van der Waals surface area contributed by atoms with Crippen LogP contribution < -0.4 is 27.0 Å². The quantitative estimate of drug-likeness (QED) is 0.171. The number of amides is 1. The summed E-state index contributed by atoms with van der Waals surface area (Å²) in [7, 11) is 0. The largest absolute Gasteiger partial charge is 0.372 e. The van der Waals surface area contributed by atoms with Crippen LogP contribution in [0.1, 0.15) is 61.0 Å². The van der Waals surface area contributed by atoms with Crippen molar-refractivity contribution in [3.8, 4) is 0 Å². The maximum Gasteiger partial charge on any atom is 0.254 e. The first-order chi connectivity index (χ1) is 17.5. The monoisotopic (exact) mass is 507 g/mol. The third-order valence-corrected chi connectivity index (χ3v) is 6.92. The zero-order chi connectivity index (χ0) is 25.5. The Labute approximate surface area is 217 Å². The SMILES string of the molecule is N.N=Cc1nc(N2CCCCCC2)nc(Nc2ccc(N3CCC(CC(=N)N=N)CC3)cc2)c1C(N)=O. The number of nitrogens with two attached hydrogens (primary N) is 1. The van der Waals surface area contributed by atoms with E-state index in [2.05, 4.69) is 30.2 Å². The summed E-state index contributed by atoms with van der Waals surface area (Å²) in [5, 5.41) is 21.9. The number of rotatable bonds is 8. The molecule has 0 bridgehead atoms. The van der Waals surface area contributed by atoms with Crippen LogP contribution in [0.25, 0.3) is 0 Å². The van der Waals surface area contributed by atoms with Gasteiger partial charge in [-0.1, -0.05) is 12.8 Å². The van der Waals surface area contributed by atoms with Crippen molar-refractivity contribution in [3.63, 3.8) is 0 Å². The Morgan fingerprint density at radius 1 is 1.05 bits per heavy atom. The van der Waals surface area contributed by atoms with E-state index in [1.54, 1.807) is 0 Å². The van der Waals surface area contributed by atoms with E-state index in [9.17, 15) is 4.79 Å². The molecule has 12 nitrogen and oxygen atoms in total. The van der Waals surface area contributed by atoms with Crippen LogP contribution in [0.4, 0.5) is 23.1 Å². The summed E-state index contributed by atoms with van der Waals surface area (Å²) in [6, 6.07) is 7.95. The van der Waals surface area contributed by atoms with Crippen LogP contribution in [0.5, 0.6) is 0 Å². The highest BCUT2D eigenvalue weighted by atomic mass is 16.1. The zero-order valence-corrected chi connectivity index (χ0v) is 21.2. The molecule has 0 saturated carbocycles. The van der Waals surface area contributed by atoms with Gasteiger partial charge < -0.3 is 32.4 Å². The van der Waals surface area contributed by atoms with Crippen LogP contribution in [-0.4, -0.2) is 54.1 Å². The summed E-state index contributed by atoms with van der Waals surface area (Å²) >= 11 is 0. The predicted octanol–water partition coefficient (Wildman–Crippen LogP) is 4.47. The molecule has 0 radical (unpaired) electrons. The van der Waals surface area contributed by atoms with Crippen LogP contribution in [0.15, 0.2) is 29.4 Å². The minimum atomic E-state index is -0.677. The molecule has 2 aliphatic heterocycles. The number of benzene rings is 1. The molecule has 0 unspecified atom stereocenters. The maximum atomic E-state index is 12.3. The molecule has 1 amide bonds. The van der Waals surface area contributed by atoms with Crippen LogP contribution in [0.3, 0.4) is 0 Å². The van der Waals surface area contributed by atoms with Gasteiger partial charge in [0.2, 0.25) is 5.95 Å². The van der Waals surface area contributed by atoms with Gasteiger partial charge in [-0.3, -0.25) is 10.2 Å². The lowest BCUT2D eigenvalue weighted by Gasteiger charge is -2.33. The molecule has 3 heterocycles. The average molecular weight is 508 g/mol. The van der Waals surface area contributed by atoms with Crippen molar-refractivity contribution in [1.82, 2.24) is 16.1 Å². The smallest absolute Gasteiger partial charge is 0.254 e. The fraction of sp³-hybridized carbons (Fsp3) is 0.480. The van der Waals surface area contributed by atoms with E-state index in [1.807, 2.05) is 24.3 Å². The van der Waals surface area contributed by atoms with Gasteiger partial charge in [-0.2, -0.15) is 4.98 Å². The van der Waals surface area contributed by atoms with E-state index in [-0.39, 0.29) is 23.2 Å². The lowest BCUT2D eigenvalue weighted by atomic mass is 9.93. The number of anilines is 4. The lowest BCUT2D eigenvalue weighted by molar-refractivity contribution is 0.100. The van der Waals surface area contributed by atoms with E-state index >= 15 is 0 Å². The van der Waals surface area contributed by atoms with E-state index in [0.717, 1.165) is 69.5 Å². The number of amidine groups is 1. The van der Waals surface area contributed by atoms with Crippen molar-refractivity contribution in [2.45, 2.75) is 44.9 Å². The first-order valence-corrected chi connectivity index (χ1v) is 12.5. The first kappa shape index (κ1) is 27.7. The van der Waals surface area contributed by atoms with Crippen LogP contribution in [0, 0.1) is 22.3 Å². The highest BCUT2D eigenvalue weighted by Crippen LogP contribution is 2.29. The van der Waals surface area contributed by atoms with Crippen LogP contribution in [0.2, 0.25) is 0 Å². The number of nitrogens with one attached hydrogen (secondary N) is 4. The van der Waals surface area contributed by atoms with Crippen molar-refractivity contribution in [2.75, 3.05) is 41.3 Å². The molecule has 1 aromatic carbocycles. The van der Waals surface area contributed by atoms with Gasteiger partial charge in [0.1, 0.15) is 22.9 Å². The van der Waals surface area contributed by atoms with Gasteiger partial charge in [0, 0.05) is 50.2 Å². The van der Waals surface area contributed by atoms with E-state index in [0.29, 0.717) is 24.1 Å². The number of nitrogens with zero attached hydrogens (tertiary/aromatic N) is 5. The molecule has 4 rings (SSSR count). The number of hydrogen-bond acceptors (Lipinski definition) is 10. The Morgan fingerprint density at radius 2 is 1.70 bits per heavy atom. The van der Waals surface area contributed by atoms with Crippen molar-refractivity contribution in [3.05, 3.63) is 35.5 Å². The number of piperidine rings is 1. The fourth-order valence-electron chi connectivity index (χ4n) is 4.92. The van der Waals surface area contributed by atoms with Crippen LogP contribution >= 0.6 is 0 Å². The minimum Gasteiger partial charge on any atom is -0.372 e. The maximum absolute atomic E-state index is 12.3. The molecular weight excluding hydrogens is 470 g/mol. The molecular formula is C25H37N11O. The van der Waals surface area contributed by atoms with Gasteiger partial charge in [0.25, 0.3) is 5.91 Å². The van der Waals surface area contributed by atoms with Crippen molar-refractivity contribution in [2.24, 2.45) is 16.8 Å². The number of aromatic nitrogens is 2. The number of carbonyl (C=O) groups is 1. The van der Waals surface area contributed by atoms with Gasteiger partial charge >= 0.3 is 0 Å². The second kappa shape index (κ2) is 12.9. The Hall–Kier alpha value is -3.93. The van der Waals surface area contributed by atoms with Crippen molar-refractivity contribution in [1.29, 1.82) is 16.3 Å². The molecule has 0 aliphatic carbocycles. The summed E-state index contributed by atoms with van der Waals surface area (Å²) in [6.45, 7) is 3.47. The van der Waals surface area contributed by atoms with Crippen molar-refractivity contribution < 1.29 is 4.79 Å². The molecule has 37 heavy (non-hydrogen) atoms. The molecule has 2 saturated heterocycles. The molecule has 0 atom stereocenters. The fourth-order valence-corrected chi connectivity index (χ4v) is 4.92. The summed E-state index contributed by atoms with van der Waals surface area (Å²) in [6.07, 6.45) is 8.02.